The number of hydrogen-bond donors (Lipinski definition) is 1. The highest BCUT2D eigenvalue weighted by Gasteiger charge is 2.26. The molecular weight excluding hydrogens is 472 g/mol. The van der Waals surface area contributed by atoms with Gasteiger partial charge in [0.1, 0.15) is 11.4 Å². The van der Waals surface area contributed by atoms with Crippen LogP contribution < -0.4 is 10.2 Å². The van der Waals surface area contributed by atoms with Crippen LogP contribution in [0.2, 0.25) is 0 Å². The topological polar surface area (TPSA) is 67.4 Å². The van der Waals surface area contributed by atoms with Crippen LogP contribution in [0.1, 0.15) is 57.9 Å². The number of fused-ring (bicyclic) bond motifs is 1. The number of carbonyl (C=O) groups excluding carboxylic acids is 1. The van der Waals surface area contributed by atoms with Crippen LogP contribution in [0.5, 0.6) is 0 Å². The Hall–Kier alpha value is -3.93. The molecule has 1 N–H and O–H groups in total. The summed E-state index contributed by atoms with van der Waals surface area (Å²) >= 11 is 0. The van der Waals surface area contributed by atoms with Gasteiger partial charge in [-0.25, -0.2) is 9.78 Å². The fourth-order valence-corrected chi connectivity index (χ4v) is 4.20. The molecule has 0 radical (unpaired) electrons. The summed E-state index contributed by atoms with van der Waals surface area (Å²) < 4.78 is 5.85. The number of anilines is 2. The normalized spacial score (nSPS) is 11.5. The van der Waals surface area contributed by atoms with E-state index in [1.807, 2.05) is 63.2 Å². The molecule has 0 spiro atoms. The maximum atomic E-state index is 13.6. The SMILES string of the molecule is CC(C)CCc1cc(N(Cc2cccc3ccccc23)C(=O)OC(C)(C)C)nc(NCc2ccccc2)n1. The van der Waals surface area contributed by atoms with Crippen molar-refractivity contribution in [1.29, 1.82) is 0 Å². The minimum absolute atomic E-state index is 0.328. The van der Waals surface area contributed by atoms with Crippen molar-refractivity contribution in [2.24, 2.45) is 5.92 Å². The molecule has 1 aromatic heterocycles. The molecule has 0 aliphatic carbocycles. The summed E-state index contributed by atoms with van der Waals surface area (Å²) in [5.41, 5.74) is 2.40. The largest absolute Gasteiger partial charge is 0.443 e. The molecule has 0 fully saturated rings. The van der Waals surface area contributed by atoms with Crippen molar-refractivity contribution in [3.63, 3.8) is 0 Å². The van der Waals surface area contributed by atoms with Gasteiger partial charge in [0.05, 0.1) is 6.54 Å². The van der Waals surface area contributed by atoms with Gasteiger partial charge in [0.15, 0.2) is 0 Å². The van der Waals surface area contributed by atoms with Crippen LogP contribution in [-0.2, 0) is 24.2 Å². The molecule has 4 rings (SSSR count). The Bertz CT molecular complexity index is 1360. The second-order valence-corrected chi connectivity index (χ2v) is 11.0. The molecule has 1 heterocycles. The highest BCUT2D eigenvalue weighted by Crippen LogP contribution is 2.26. The van der Waals surface area contributed by atoms with Gasteiger partial charge in [0.2, 0.25) is 5.95 Å². The summed E-state index contributed by atoms with van der Waals surface area (Å²) in [6.45, 7) is 10.9. The van der Waals surface area contributed by atoms with Gasteiger partial charge in [-0.1, -0.05) is 86.6 Å². The van der Waals surface area contributed by atoms with Gasteiger partial charge in [-0.3, -0.25) is 4.90 Å². The molecule has 0 atom stereocenters. The highest BCUT2D eigenvalue weighted by molar-refractivity contribution is 5.90. The van der Waals surface area contributed by atoms with Gasteiger partial charge in [-0.05, 0) is 61.4 Å². The van der Waals surface area contributed by atoms with Crippen molar-refractivity contribution in [1.82, 2.24) is 9.97 Å². The number of ether oxygens (including phenoxy) is 1. The lowest BCUT2D eigenvalue weighted by atomic mass is 10.0. The molecule has 0 saturated heterocycles. The molecule has 4 aromatic rings. The lowest BCUT2D eigenvalue weighted by Crippen LogP contribution is -2.37. The van der Waals surface area contributed by atoms with E-state index in [2.05, 4.69) is 55.6 Å². The molecule has 198 valence electrons. The Morgan fingerprint density at radius 1 is 0.947 bits per heavy atom. The summed E-state index contributed by atoms with van der Waals surface area (Å²) in [5, 5.41) is 5.59. The van der Waals surface area contributed by atoms with Crippen LogP contribution in [-0.4, -0.2) is 21.7 Å². The Morgan fingerprint density at radius 3 is 2.39 bits per heavy atom. The molecule has 0 unspecified atom stereocenters. The summed E-state index contributed by atoms with van der Waals surface area (Å²) in [6.07, 6.45) is 1.35. The quantitative estimate of drug-likeness (QED) is 0.249. The van der Waals surface area contributed by atoms with E-state index >= 15 is 0 Å². The fourth-order valence-electron chi connectivity index (χ4n) is 4.20. The molecule has 0 aliphatic rings. The maximum absolute atomic E-state index is 13.6. The third-order valence-corrected chi connectivity index (χ3v) is 6.14. The number of aryl methyl sites for hydroxylation is 1. The van der Waals surface area contributed by atoms with Crippen molar-refractivity contribution >= 4 is 28.6 Å². The number of aromatic nitrogens is 2. The van der Waals surface area contributed by atoms with Crippen LogP contribution in [0.25, 0.3) is 10.8 Å². The van der Waals surface area contributed by atoms with E-state index in [0.717, 1.165) is 40.4 Å². The molecule has 3 aromatic carbocycles. The van der Waals surface area contributed by atoms with Crippen LogP contribution in [0, 0.1) is 5.92 Å². The summed E-state index contributed by atoms with van der Waals surface area (Å²) in [7, 11) is 0. The van der Waals surface area contributed by atoms with E-state index in [4.69, 9.17) is 14.7 Å². The molecular formula is C32H38N4O2. The Kier molecular flexibility index (Phi) is 8.62. The Balaban J connectivity index is 1.73. The highest BCUT2D eigenvalue weighted by atomic mass is 16.6. The molecule has 0 saturated carbocycles. The first kappa shape index (κ1) is 27.1. The second-order valence-electron chi connectivity index (χ2n) is 11.0. The van der Waals surface area contributed by atoms with E-state index in [1.165, 1.54) is 0 Å². The van der Waals surface area contributed by atoms with Crippen molar-refractivity contribution in [3.05, 3.63) is 95.7 Å². The predicted octanol–water partition coefficient (Wildman–Crippen LogP) is 7.77. The summed E-state index contributed by atoms with van der Waals surface area (Å²) in [4.78, 5) is 24.8. The summed E-state index contributed by atoms with van der Waals surface area (Å²) in [5.74, 6) is 1.56. The van der Waals surface area contributed by atoms with Crippen molar-refractivity contribution in [3.8, 4) is 0 Å². The van der Waals surface area contributed by atoms with E-state index < -0.39 is 11.7 Å². The number of carbonyl (C=O) groups is 1. The molecule has 0 aliphatic heterocycles. The molecule has 38 heavy (non-hydrogen) atoms. The first-order valence-electron chi connectivity index (χ1n) is 13.3. The first-order valence-corrected chi connectivity index (χ1v) is 13.3. The number of nitrogens with zero attached hydrogens (tertiary/aromatic N) is 3. The standard InChI is InChI=1S/C32H38N4O2/c1-23(2)18-19-27-20-29(35-30(34-27)33-21-24-12-7-6-8-13-24)36(31(37)38-32(3,4)5)22-26-16-11-15-25-14-9-10-17-28(25)26/h6-17,20,23H,18-19,21-22H2,1-5H3,(H,33,34,35). The van der Waals surface area contributed by atoms with Gasteiger partial charge in [0.25, 0.3) is 0 Å². The minimum Gasteiger partial charge on any atom is -0.443 e. The van der Waals surface area contributed by atoms with Crippen molar-refractivity contribution in [2.45, 2.75) is 66.2 Å². The van der Waals surface area contributed by atoms with Crippen LogP contribution >= 0.6 is 0 Å². The van der Waals surface area contributed by atoms with Gasteiger partial charge in [-0.2, -0.15) is 4.98 Å². The number of amides is 1. The van der Waals surface area contributed by atoms with Crippen LogP contribution in [0.15, 0.2) is 78.9 Å². The summed E-state index contributed by atoms with van der Waals surface area (Å²) in [6, 6.07) is 26.4. The molecule has 1 amide bonds. The maximum Gasteiger partial charge on any atom is 0.416 e. The smallest absolute Gasteiger partial charge is 0.416 e. The van der Waals surface area contributed by atoms with Crippen molar-refractivity contribution in [2.75, 3.05) is 10.2 Å². The van der Waals surface area contributed by atoms with E-state index in [9.17, 15) is 4.79 Å². The van der Waals surface area contributed by atoms with E-state index in [1.54, 1.807) is 4.90 Å². The predicted molar refractivity (Wildman–Crippen MR) is 155 cm³/mol. The van der Waals surface area contributed by atoms with Gasteiger partial charge < -0.3 is 10.1 Å². The Morgan fingerprint density at radius 2 is 1.66 bits per heavy atom. The van der Waals surface area contributed by atoms with E-state index in [0.29, 0.717) is 30.8 Å². The minimum atomic E-state index is -0.643. The molecule has 0 bridgehead atoms. The van der Waals surface area contributed by atoms with Crippen LogP contribution in [0.4, 0.5) is 16.6 Å². The molecule has 6 heteroatoms. The van der Waals surface area contributed by atoms with Gasteiger partial charge in [0, 0.05) is 18.3 Å². The van der Waals surface area contributed by atoms with Gasteiger partial charge >= 0.3 is 6.09 Å². The monoisotopic (exact) mass is 510 g/mol. The fraction of sp³-hybridized carbons (Fsp3) is 0.344. The Labute approximate surface area is 226 Å². The zero-order valence-electron chi connectivity index (χ0n) is 23.1. The van der Waals surface area contributed by atoms with E-state index in [-0.39, 0.29) is 0 Å². The first-order chi connectivity index (χ1) is 18.2. The number of rotatable bonds is 9. The average Bonchev–Trinajstić information content (AvgIpc) is 2.89. The zero-order valence-corrected chi connectivity index (χ0v) is 23.1. The van der Waals surface area contributed by atoms with Gasteiger partial charge in [-0.15, -0.1) is 0 Å². The van der Waals surface area contributed by atoms with Crippen LogP contribution in [0.3, 0.4) is 0 Å². The number of hydrogen-bond acceptors (Lipinski definition) is 5. The molecule has 6 nitrogen and oxygen atoms in total. The number of benzene rings is 3. The third kappa shape index (κ3) is 7.54. The van der Waals surface area contributed by atoms with Crippen molar-refractivity contribution < 1.29 is 9.53 Å². The number of nitrogens with one attached hydrogen (secondary N) is 1. The lowest BCUT2D eigenvalue weighted by molar-refractivity contribution is 0.0576. The zero-order chi connectivity index (χ0) is 27.1. The third-order valence-electron chi connectivity index (χ3n) is 6.14. The lowest BCUT2D eigenvalue weighted by Gasteiger charge is -2.27. The average molecular weight is 511 g/mol. The second kappa shape index (κ2) is 12.1.